The van der Waals surface area contributed by atoms with Crippen molar-refractivity contribution in [2.75, 3.05) is 0 Å². The predicted molar refractivity (Wildman–Crippen MR) is 82.8 cm³/mol. The fourth-order valence-electron chi connectivity index (χ4n) is 2.59. The molecule has 0 aliphatic heterocycles. The maximum Gasteiger partial charge on any atom is -0.0178 e. The van der Waals surface area contributed by atoms with Gasteiger partial charge in [-0.3, -0.25) is 0 Å². The molecular weight excluding hydrogens is 228 g/mol. The van der Waals surface area contributed by atoms with Gasteiger partial charge in [0.05, 0.1) is 0 Å². The Kier molecular flexibility index (Phi) is 3.33. The van der Waals surface area contributed by atoms with Gasteiger partial charge in [0, 0.05) is 0 Å². The van der Waals surface area contributed by atoms with Crippen LogP contribution in [0.4, 0.5) is 0 Å². The number of hydrogen-bond donors (Lipinski definition) is 0. The van der Waals surface area contributed by atoms with Gasteiger partial charge in [0.2, 0.25) is 0 Å². The zero-order chi connectivity index (χ0) is 13.1. The zero-order valence-corrected chi connectivity index (χ0v) is 11.2. The van der Waals surface area contributed by atoms with Crippen molar-refractivity contribution in [2.24, 2.45) is 5.92 Å². The van der Waals surface area contributed by atoms with E-state index in [2.05, 4.69) is 79.7 Å². The van der Waals surface area contributed by atoms with E-state index in [1.807, 2.05) is 0 Å². The highest BCUT2D eigenvalue weighted by Gasteiger charge is 2.09. The Morgan fingerprint density at radius 3 is 2.37 bits per heavy atom. The first-order chi connectivity index (χ1) is 9.33. The topological polar surface area (TPSA) is 0 Å². The first kappa shape index (κ1) is 12.0. The number of rotatable bonds is 2. The summed E-state index contributed by atoms with van der Waals surface area (Å²) in [5.41, 5.74) is 5.36. The van der Waals surface area contributed by atoms with Crippen LogP contribution >= 0.6 is 0 Å². The molecule has 1 atom stereocenters. The summed E-state index contributed by atoms with van der Waals surface area (Å²) in [6.07, 6.45) is 7.82. The van der Waals surface area contributed by atoms with E-state index in [0.29, 0.717) is 5.92 Å². The van der Waals surface area contributed by atoms with Crippen LogP contribution < -0.4 is 0 Å². The molecule has 0 N–H and O–H groups in total. The first-order valence-corrected chi connectivity index (χ1v) is 6.86. The van der Waals surface area contributed by atoms with Crippen LogP contribution in [0.3, 0.4) is 0 Å². The Morgan fingerprint density at radius 2 is 1.58 bits per heavy atom. The predicted octanol–water partition coefficient (Wildman–Crippen LogP) is 5.33. The molecule has 0 fully saturated rings. The van der Waals surface area contributed by atoms with Crippen molar-refractivity contribution in [3.8, 4) is 11.1 Å². The molecule has 2 aromatic carbocycles. The molecule has 94 valence electrons. The van der Waals surface area contributed by atoms with Crippen molar-refractivity contribution in [2.45, 2.75) is 13.3 Å². The minimum absolute atomic E-state index is 0.639. The highest BCUT2D eigenvalue weighted by molar-refractivity contribution is 5.74. The number of allylic oxidation sites excluding steroid dienone is 4. The van der Waals surface area contributed by atoms with Crippen molar-refractivity contribution in [1.29, 1.82) is 0 Å². The first-order valence-electron chi connectivity index (χ1n) is 6.86. The normalized spacial score (nSPS) is 18.2. The Morgan fingerprint density at radius 1 is 0.842 bits per heavy atom. The lowest BCUT2D eigenvalue weighted by Gasteiger charge is -2.15. The van der Waals surface area contributed by atoms with Crippen molar-refractivity contribution in [1.82, 2.24) is 0 Å². The van der Waals surface area contributed by atoms with Gasteiger partial charge in [-0.1, -0.05) is 73.7 Å². The summed E-state index contributed by atoms with van der Waals surface area (Å²) in [5.74, 6) is 0.639. The average Bonchev–Trinajstić information content (AvgIpc) is 2.48. The molecule has 1 aliphatic carbocycles. The third-order valence-corrected chi connectivity index (χ3v) is 3.62. The van der Waals surface area contributed by atoms with E-state index in [0.717, 1.165) is 6.42 Å². The van der Waals surface area contributed by atoms with E-state index in [1.165, 1.54) is 22.3 Å². The monoisotopic (exact) mass is 246 g/mol. The molecule has 3 rings (SSSR count). The molecule has 1 aliphatic rings. The van der Waals surface area contributed by atoms with Gasteiger partial charge in [0.1, 0.15) is 0 Å². The molecule has 19 heavy (non-hydrogen) atoms. The van der Waals surface area contributed by atoms with Gasteiger partial charge in [-0.25, -0.2) is 0 Å². The quantitative estimate of drug-likeness (QED) is 0.671. The van der Waals surface area contributed by atoms with Gasteiger partial charge in [0.25, 0.3) is 0 Å². The molecule has 0 bridgehead atoms. The van der Waals surface area contributed by atoms with Gasteiger partial charge in [-0.05, 0) is 40.7 Å². The highest BCUT2D eigenvalue weighted by Crippen LogP contribution is 2.29. The Labute approximate surface area is 115 Å². The molecule has 0 nitrogen and oxygen atoms in total. The molecule has 0 radical (unpaired) electrons. The third-order valence-electron chi connectivity index (χ3n) is 3.62. The lowest BCUT2D eigenvalue weighted by atomic mass is 9.90. The van der Waals surface area contributed by atoms with Crippen LogP contribution in [0.5, 0.6) is 0 Å². The van der Waals surface area contributed by atoms with Crippen molar-refractivity contribution < 1.29 is 0 Å². The summed E-state index contributed by atoms with van der Waals surface area (Å²) >= 11 is 0. The minimum Gasteiger partial charge on any atom is -0.0814 e. The summed E-state index contributed by atoms with van der Waals surface area (Å²) in [6, 6.07) is 19.4. The summed E-state index contributed by atoms with van der Waals surface area (Å²) in [5, 5.41) is 0. The number of benzene rings is 2. The van der Waals surface area contributed by atoms with E-state index in [4.69, 9.17) is 0 Å². The lowest BCUT2D eigenvalue weighted by Crippen LogP contribution is -1.97. The minimum atomic E-state index is 0.639. The van der Waals surface area contributed by atoms with Crippen LogP contribution in [0.1, 0.15) is 18.9 Å². The second kappa shape index (κ2) is 5.27. The van der Waals surface area contributed by atoms with Gasteiger partial charge in [-0.2, -0.15) is 0 Å². The maximum absolute atomic E-state index is 2.30. The van der Waals surface area contributed by atoms with Gasteiger partial charge < -0.3 is 0 Å². The molecule has 0 spiro atoms. The molecular formula is C19H18. The van der Waals surface area contributed by atoms with Crippen LogP contribution in [-0.4, -0.2) is 0 Å². The molecule has 2 aromatic rings. The van der Waals surface area contributed by atoms with Crippen LogP contribution in [0.25, 0.3) is 16.7 Å². The van der Waals surface area contributed by atoms with Gasteiger partial charge in [0.15, 0.2) is 0 Å². The van der Waals surface area contributed by atoms with Crippen LogP contribution in [0.15, 0.2) is 72.8 Å². The van der Waals surface area contributed by atoms with E-state index in [1.54, 1.807) is 0 Å². The van der Waals surface area contributed by atoms with E-state index < -0.39 is 0 Å². The maximum atomic E-state index is 2.30. The van der Waals surface area contributed by atoms with Crippen molar-refractivity contribution in [3.05, 3.63) is 78.4 Å². The molecule has 0 saturated heterocycles. The van der Waals surface area contributed by atoms with E-state index in [-0.39, 0.29) is 0 Å². The standard InChI is InChI=1S/C19H18/c1-15-7-5-10-17(13-15)19-12-6-11-18(14-19)16-8-3-2-4-9-16/h2-12,14-15H,13H2,1H3. The summed E-state index contributed by atoms with van der Waals surface area (Å²) in [7, 11) is 0. The second-order valence-corrected chi connectivity index (χ2v) is 5.21. The zero-order valence-electron chi connectivity index (χ0n) is 11.2. The second-order valence-electron chi connectivity index (χ2n) is 5.21. The molecule has 0 saturated carbocycles. The fraction of sp³-hybridized carbons (Fsp3) is 0.158. The smallest absolute Gasteiger partial charge is 0.0178 e. The highest BCUT2D eigenvalue weighted by atomic mass is 14.1. The van der Waals surface area contributed by atoms with Crippen LogP contribution in [0.2, 0.25) is 0 Å². The Balaban J connectivity index is 1.97. The van der Waals surface area contributed by atoms with Crippen LogP contribution in [0, 0.1) is 5.92 Å². The fourth-order valence-corrected chi connectivity index (χ4v) is 2.59. The van der Waals surface area contributed by atoms with Gasteiger partial charge in [-0.15, -0.1) is 0 Å². The summed E-state index contributed by atoms with van der Waals surface area (Å²) in [4.78, 5) is 0. The largest absolute Gasteiger partial charge is 0.0814 e. The molecule has 0 amide bonds. The molecule has 1 unspecified atom stereocenters. The summed E-state index contributed by atoms with van der Waals surface area (Å²) in [6.45, 7) is 2.27. The molecule has 0 heterocycles. The molecule has 0 heteroatoms. The van der Waals surface area contributed by atoms with E-state index >= 15 is 0 Å². The molecule has 0 aromatic heterocycles. The Hall–Kier alpha value is -2.08. The lowest BCUT2D eigenvalue weighted by molar-refractivity contribution is 0.749. The summed E-state index contributed by atoms with van der Waals surface area (Å²) < 4.78 is 0. The Bertz CT molecular complexity index is 617. The van der Waals surface area contributed by atoms with E-state index in [9.17, 15) is 0 Å². The van der Waals surface area contributed by atoms with Crippen molar-refractivity contribution >= 4 is 5.57 Å². The SMILES string of the molecule is CC1C=CC=C(c2cccc(-c3ccccc3)c2)C1. The third kappa shape index (κ3) is 2.68. The number of hydrogen-bond acceptors (Lipinski definition) is 0. The van der Waals surface area contributed by atoms with Crippen LogP contribution in [-0.2, 0) is 0 Å². The van der Waals surface area contributed by atoms with Crippen molar-refractivity contribution in [3.63, 3.8) is 0 Å². The van der Waals surface area contributed by atoms with Gasteiger partial charge >= 0.3 is 0 Å². The average molecular weight is 246 g/mol.